The van der Waals surface area contributed by atoms with Gasteiger partial charge in [0.1, 0.15) is 10.6 Å². The van der Waals surface area contributed by atoms with Crippen molar-refractivity contribution in [3.8, 4) is 0 Å². The van der Waals surface area contributed by atoms with Gasteiger partial charge in [0, 0.05) is 35.0 Å². The number of aryl methyl sites for hydroxylation is 1. The fourth-order valence-electron chi connectivity index (χ4n) is 5.20. The summed E-state index contributed by atoms with van der Waals surface area (Å²) in [5.41, 5.74) is 4.96. The maximum Gasteiger partial charge on any atom is 0.291 e. The normalized spacial score (nSPS) is 12.6. The van der Waals surface area contributed by atoms with E-state index in [9.17, 15) is 19.2 Å². The average Bonchev–Trinajstić information content (AvgIpc) is 3.59. The standard InChI is InChI=1S/C34H29N3O5S/c1-20-7-11-23(12-8-20)32(40)31-26-15-16-37(21(2)38)19-29(26)43-34(31)36-30(39)17-22-9-13-25(14-10-22)35-33(41)28-18-24-5-3-4-6-27(24)42-28/h3-14,18H,15-17,19H2,1-2H3,(H,35,41)(H,36,39). The summed E-state index contributed by atoms with van der Waals surface area (Å²) in [6.45, 7) is 4.44. The number of carbonyl (C=O) groups is 4. The second-order valence-corrected chi connectivity index (χ2v) is 11.7. The molecule has 0 bridgehead atoms. The Hall–Kier alpha value is -5.02. The number of anilines is 2. The second kappa shape index (κ2) is 11.7. The molecule has 216 valence electrons. The topological polar surface area (TPSA) is 109 Å². The molecule has 6 rings (SSSR count). The Kier molecular flexibility index (Phi) is 7.65. The molecular weight excluding hydrogens is 562 g/mol. The molecule has 0 fully saturated rings. The number of fused-ring (bicyclic) bond motifs is 2. The van der Waals surface area contributed by atoms with E-state index in [2.05, 4.69) is 10.6 Å². The van der Waals surface area contributed by atoms with E-state index in [1.54, 1.807) is 53.4 Å². The number of furan rings is 1. The summed E-state index contributed by atoms with van der Waals surface area (Å²) in [6, 6.07) is 23.5. The molecule has 43 heavy (non-hydrogen) atoms. The van der Waals surface area contributed by atoms with Crippen molar-refractivity contribution in [2.75, 3.05) is 17.2 Å². The van der Waals surface area contributed by atoms with Crippen LogP contribution < -0.4 is 10.6 Å². The molecule has 3 heterocycles. The van der Waals surface area contributed by atoms with Crippen LogP contribution in [0.3, 0.4) is 0 Å². The van der Waals surface area contributed by atoms with Crippen molar-refractivity contribution in [3.63, 3.8) is 0 Å². The molecule has 9 heteroatoms. The monoisotopic (exact) mass is 591 g/mol. The Morgan fingerprint density at radius 2 is 1.67 bits per heavy atom. The number of benzene rings is 3. The summed E-state index contributed by atoms with van der Waals surface area (Å²) in [5, 5.41) is 7.15. The molecule has 0 saturated carbocycles. The van der Waals surface area contributed by atoms with E-state index in [0.29, 0.717) is 46.9 Å². The molecule has 0 saturated heterocycles. The quantitative estimate of drug-likeness (QED) is 0.214. The third-order valence-electron chi connectivity index (χ3n) is 7.52. The number of amides is 3. The van der Waals surface area contributed by atoms with Crippen molar-refractivity contribution in [1.82, 2.24) is 4.90 Å². The van der Waals surface area contributed by atoms with Gasteiger partial charge in [0.05, 0.1) is 18.5 Å². The fraction of sp³-hybridized carbons (Fsp3) is 0.176. The minimum atomic E-state index is -0.363. The van der Waals surface area contributed by atoms with E-state index < -0.39 is 0 Å². The summed E-state index contributed by atoms with van der Waals surface area (Å²) in [7, 11) is 0. The number of hydrogen-bond donors (Lipinski definition) is 2. The predicted molar refractivity (Wildman–Crippen MR) is 167 cm³/mol. The molecule has 0 spiro atoms. The number of nitrogens with one attached hydrogen (secondary N) is 2. The lowest BCUT2D eigenvalue weighted by Crippen LogP contribution is -2.33. The van der Waals surface area contributed by atoms with Crippen molar-refractivity contribution in [2.24, 2.45) is 0 Å². The lowest BCUT2D eigenvalue weighted by atomic mass is 9.95. The van der Waals surface area contributed by atoms with Gasteiger partial charge in [0.2, 0.25) is 11.8 Å². The number of thiophene rings is 1. The van der Waals surface area contributed by atoms with Crippen LogP contribution in [0.5, 0.6) is 0 Å². The van der Waals surface area contributed by atoms with Crippen LogP contribution in [0.15, 0.2) is 83.3 Å². The SMILES string of the molecule is CC(=O)N1CCc2c(sc(NC(=O)Cc3ccc(NC(=O)c4cc5ccccc5o4)cc3)c2C(=O)c2ccc(C)cc2)C1. The maximum absolute atomic E-state index is 13.7. The van der Waals surface area contributed by atoms with Gasteiger partial charge in [-0.2, -0.15) is 0 Å². The molecule has 0 atom stereocenters. The summed E-state index contributed by atoms with van der Waals surface area (Å²) in [5.74, 6) is -0.580. The Morgan fingerprint density at radius 3 is 2.40 bits per heavy atom. The Balaban J connectivity index is 1.17. The highest BCUT2D eigenvalue weighted by molar-refractivity contribution is 7.17. The fourth-order valence-corrected chi connectivity index (χ4v) is 6.48. The molecule has 0 aliphatic carbocycles. The number of ketones is 1. The highest BCUT2D eigenvalue weighted by Crippen LogP contribution is 2.38. The van der Waals surface area contributed by atoms with Crippen LogP contribution in [0.25, 0.3) is 11.0 Å². The molecule has 3 amide bonds. The van der Waals surface area contributed by atoms with Gasteiger partial charge in [-0.05, 0) is 48.7 Å². The molecule has 2 aromatic heterocycles. The van der Waals surface area contributed by atoms with Gasteiger partial charge in [-0.1, -0.05) is 60.2 Å². The lowest BCUT2D eigenvalue weighted by Gasteiger charge is -2.26. The van der Waals surface area contributed by atoms with Gasteiger partial charge >= 0.3 is 0 Å². The first-order valence-electron chi connectivity index (χ1n) is 14.0. The summed E-state index contributed by atoms with van der Waals surface area (Å²) >= 11 is 1.35. The number of carbonyl (C=O) groups excluding carboxylic acids is 4. The van der Waals surface area contributed by atoms with Gasteiger partial charge in [-0.25, -0.2) is 0 Å². The maximum atomic E-state index is 13.7. The Morgan fingerprint density at radius 1 is 0.930 bits per heavy atom. The van der Waals surface area contributed by atoms with Crippen molar-refractivity contribution >= 4 is 56.5 Å². The zero-order valence-corrected chi connectivity index (χ0v) is 24.5. The summed E-state index contributed by atoms with van der Waals surface area (Å²) in [6.07, 6.45) is 0.632. The molecule has 5 aromatic rings. The van der Waals surface area contributed by atoms with E-state index >= 15 is 0 Å². The van der Waals surface area contributed by atoms with Crippen molar-refractivity contribution in [3.05, 3.63) is 117 Å². The molecule has 1 aliphatic heterocycles. The van der Waals surface area contributed by atoms with Crippen LogP contribution in [0.2, 0.25) is 0 Å². The minimum Gasteiger partial charge on any atom is -0.451 e. The van der Waals surface area contributed by atoms with Crippen LogP contribution in [-0.2, 0) is 29.0 Å². The molecule has 8 nitrogen and oxygen atoms in total. The van der Waals surface area contributed by atoms with Crippen LogP contribution in [0.1, 0.15) is 55.0 Å². The van der Waals surface area contributed by atoms with Crippen molar-refractivity contribution in [2.45, 2.75) is 33.2 Å². The highest BCUT2D eigenvalue weighted by Gasteiger charge is 2.30. The minimum absolute atomic E-state index is 0.0201. The molecule has 2 N–H and O–H groups in total. The molecule has 1 aliphatic rings. The first kappa shape index (κ1) is 28.1. The van der Waals surface area contributed by atoms with Gasteiger partial charge in [0.25, 0.3) is 5.91 Å². The van der Waals surface area contributed by atoms with Gasteiger partial charge in [0.15, 0.2) is 11.5 Å². The zero-order chi connectivity index (χ0) is 30.1. The highest BCUT2D eigenvalue weighted by atomic mass is 32.1. The number of nitrogens with zero attached hydrogens (tertiary/aromatic N) is 1. The van der Waals surface area contributed by atoms with Gasteiger partial charge < -0.3 is 20.0 Å². The Bertz CT molecular complexity index is 1840. The van der Waals surface area contributed by atoms with Crippen molar-refractivity contribution < 1.29 is 23.6 Å². The summed E-state index contributed by atoms with van der Waals surface area (Å²) in [4.78, 5) is 54.2. The van der Waals surface area contributed by atoms with E-state index in [1.807, 2.05) is 37.3 Å². The third kappa shape index (κ3) is 5.98. The number of hydrogen-bond acceptors (Lipinski definition) is 6. The lowest BCUT2D eigenvalue weighted by molar-refractivity contribution is -0.129. The van der Waals surface area contributed by atoms with Crippen molar-refractivity contribution in [1.29, 1.82) is 0 Å². The number of rotatable bonds is 7. The van der Waals surface area contributed by atoms with Crippen LogP contribution in [0.4, 0.5) is 10.7 Å². The van der Waals surface area contributed by atoms with E-state index in [0.717, 1.165) is 27.0 Å². The van der Waals surface area contributed by atoms with E-state index in [1.165, 1.54) is 18.3 Å². The molecule has 3 aromatic carbocycles. The van der Waals surface area contributed by atoms with E-state index in [4.69, 9.17) is 4.42 Å². The first-order valence-corrected chi connectivity index (χ1v) is 14.8. The molecule has 0 unspecified atom stereocenters. The average molecular weight is 592 g/mol. The summed E-state index contributed by atoms with van der Waals surface area (Å²) < 4.78 is 5.64. The van der Waals surface area contributed by atoms with Crippen LogP contribution >= 0.6 is 11.3 Å². The second-order valence-electron chi connectivity index (χ2n) is 10.6. The number of para-hydroxylation sites is 1. The van der Waals surface area contributed by atoms with Crippen LogP contribution in [0, 0.1) is 6.92 Å². The van der Waals surface area contributed by atoms with Gasteiger partial charge in [-0.15, -0.1) is 11.3 Å². The predicted octanol–water partition coefficient (Wildman–Crippen LogP) is 6.37. The first-order chi connectivity index (χ1) is 20.7. The zero-order valence-electron chi connectivity index (χ0n) is 23.7. The molecular formula is C34H29N3O5S. The van der Waals surface area contributed by atoms with Gasteiger partial charge in [-0.3, -0.25) is 19.2 Å². The van der Waals surface area contributed by atoms with Crippen LogP contribution in [-0.4, -0.2) is 34.9 Å². The largest absolute Gasteiger partial charge is 0.451 e. The van der Waals surface area contributed by atoms with E-state index in [-0.39, 0.29) is 35.7 Å². The Labute approximate surface area is 252 Å². The third-order valence-corrected chi connectivity index (χ3v) is 8.65. The molecule has 0 radical (unpaired) electrons. The smallest absolute Gasteiger partial charge is 0.291 e.